The van der Waals surface area contributed by atoms with Gasteiger partial charge in [-0.1, -0.05) is 6.42 Å². The molecule has 4 heteroatoms. The van der Waals surface area contributed by atoms with Crippen molar-refractivity contribution in [2.75, 3.05) is 0 Å². The van der Waals surface area contributed by atoms with Crippen molar-refractivity contribution in [2.45, 2.75) is 44.4 Å². The van der Waals surface area contributed by atoms with Gasteiger partial charge in [0.05, 0.1) is 0 Å². The lowest BCUT2D eigenvalue weighted by molar-refractivity contribution is -0.142. The van der Waals surface area contributed by atoms with E-state index in [4.69, 9.17) is 5.11 Å². The standard InChI is InChI=1S/C11H16N2O2/c1-11(2,10(14)15)9-12-6-8(13-9)7-4-3-5-7/h6-7H,3-5H2,1-2H3,(H,12,13)(H,14,15). The van der Waals surface area contributed by atoms with Gasteiger partial charge in [0.1, 0.15) is 11.2 Å². The van der Waals surface area contributed by atoms with E-state index < -0.39 is 11.4 Å². The topological polar surface area (TPSA) is 66.0 Å². The van der Waals surface area contributed by atoms with Crippen LogP contribution in [-0.2, 0) is 10.2 Å². The predicted molar refractivity (Wildman–Crippen MR) is 55.8 cm³/mol. The molecule has 0 saturated heterocycles. The molecule has 2 rings (SSSR count). The van der Waals surface area contributed by atoms with Gasteiger partial charge in [-0.15, -0.1) is 0 Å². The molecule has 1 aromatic rings. The quantitative estimate of drug-likeness (QED) is 0.798. The Kier molecular flexibility index (Phi) is 2.29. The third kappa shape index (κ3) is 1.64. The number of imidazole rings is 1. The van der Waals surface area contributed by atoms with Crippen LogP contribution in [0.25, 0.3) is 0 Å². The summed E-state index contributed by atoms with van der Waals surface area (Å²) < 4.78 is 0. The van der Waals surface area contributed by atoms with Crippen LogP contribution in [0.5, 0.6) is 0 Å². The molecule has 1 aliphatic carbocycles. The maximum absolute atomic E-state index is 11.0. The number of rotatable bonds is 3. The average Bonchev–Trinajstić information content (AvgIpc) is 2.50. The second-order valence-corrected chi connectivity index (χ2v) is 4.75. The van der Waals surface area contributed by atoms with Crippen molar-refractivity contribution in [3.05, 3.63) is 17.7 Å². The lowest BCUT2D eigenvalue weighted by Gasteiger charge is -2.24. The Labute approximate surface area is 88.7 Å². The number of carbonyl (C=O) groups is 1. The van der Waals surface area contributed by atoms with Crippen LogP contribution in [0.4, 0.5) is 0 Å². The van der Waals surface area contributed by atoms with Gasteiger partial charge in [-0.25, -0.2) is 4.98 Å². The van der Waals surface area contributed by atoms with Crippen LogP contribution in [0.3, 0.4) is 0 Å². The zero-order chi connectivity index (χ0) is 11.1. The summed E-state index contributed by atoms with van der Waals surface area (Å²) in [5.74, 6) is 0.268. The summed E-state index contributed by atoms with van der Waals surface area (Å²) in [5, 5.41) is 9.05. The number of carboxylic acid groups (broad SMARTS) is 1. The Morgan fingerprint density at radius 2 is 2.27 bits per heavy atom. The molecular weight excluding hydrogens is 192 g/mol. The van der Waals surface area contributed by atoms with Crippen LogP contribution in [0.15, 0.2) is 6.20 Å². The zero-order valence-corrected chi connectivity index (χ0v) is 9.08. The van der Waals surface area contributed by atoms with Gasteiger partial charge in [-0.3, -0.25) is 4.79 Å². The van der Waals surface area contributed by atoms with Crippen molar-refractivity contribution in [2.24, 2.45) is 0 Å². The largest absolute Gasteiger partial charge is 0.481 e. The summed E-state index contributed by atoms with van der Waals surface area (Å²) in [6.45, 7) is 3.33. The minimum absolute atomic E-state index is 0.553. The molecule has 0 atom stereocenters. The number of hydrogen-bond donors (Lipinski definition) is 2. The summed E-state index contributed by atoms with van der Waals surface area (Å²) >= 11 is 0. The molecule has 1 saturated carbocycles. The number of H-pyrrole nitrogens is 1. The summed E-state index contributed by atoms with van der Waals surface area (Å²) in [6.07, 6.45) is 5.43. The van der Waals surface area contributed by atoms with Crippen molar-refractivity contribution in [3.63, 3.8) is 0 Å². The number of aliphatic carboxylic acids is 1. The van der Waals surface area contributed by atoms with Gasteiger partial charge in [0.2, 0.25) is 0 Å². The first kappa shape index (κ1) is 10.2. The van der Waals surface area contributed by atoms with E-state index in [1.165, 1.54) is 19.3 Å². The Balaban J connectivity index is 2.22. The highest BCUT2D eigenvalue weighted by molar-refractivity contribution is 5.78. The van der Waals surface area contributed by atoms with E-state index in [0.717, 1.165) is 5.69 Å². The summed E-state index contributed by atoms with van der Waals surface area (Å²) in [5.41, 5.74) is 0.160. The summed E-state index contributed by atoms with van der Waals surface area (Å²) in [6, 6.07) is 0. The van der Waals surface area contributed by atoms with Gasteiger partial charge < -0.3 is 10.1 Å². The van der Waals surface area contributed by atoms with Crippen LogP contribution in [-0.4, -0.2) is 21.0 Å². The molecule has 15 heavy (non-hydrogen) atoms. The maximum Gasteiger partial charge on any atom is 0.316 e. The highest BCUT2D eigenvalue weighted by Crippen LogP contribution is 2.36. The molecule has 1 fully saturated rings. The number of nitrogens with one attached hydrogen (secondary N) is 1. The van der Waals surface area contributed by atoms with Gasteiger partial charge in [0.25, 0.3) is 0 Å². The van der Waals surface area contributed by atoms with Crippen molar-refractivity contribution in [1.82, 2.24) is 9.97 Å². The fraction of sp³-hybridized carbons (Fsp3) is 0.636. The van der Waals surface area contributed by atoms with E-state index in [9.17, 15) is 4.79 Å². The van der Waals surface area contributed by atoms with Gasteiger partial charge in [-0.2, -0.15) is 0 Å². The SMILES string of the molecule is CC(C)(C(=O)O)c1ncc(C2CCC2)[nH]1. The van der Waals surface area contributed by atoms with Crippen molar-refractivity contribution in [3.8, 4) is 0 Å². The molecular formula is C11H16N2O2. The van der Waals surface area contributed by atoms with Crippen LogP contribution in [0.2, 0.25) is 0 Å². The predicted octanol–water partition coefficient (Wildman–Crippen LogP) is 2.04. The molecule has 0 amide bonds. The van der Waals surface area contributed by atoms with Crippen LogP contribution in [0, 0.1) is 0 Å². The lowest BCUT2D eigenvalue weighted by Crippen LogP contribution is -2.30. The van der Waals surface area contributed by atoms with Crippen LogP contribution < -0.4 is 0 Å². The Morgan fingerprint density at radius 1 is 1.60 bits per heavy atom. The molecule has 0 aliphatic heterocycles. The number of carboxylic acids is 1. The summed E-state index contributed by atoms with van der Waals surface area (Å²) in [4.78, 5) is 18.3. The Hall–Kier alpha value is -1.32. The normalized spacial score (nSPS) is 17.5. The molecule has 2 N–H and O–H groups in total. The van der Waals surface area contributed by atoms with Gasteiger partial charge in [0.15, 0.2) is 0 Å². The van der Waals surface area contributed by atoms with E-state index >= 15 is 0 Å². The van der Waals surface area contributed by atoms with E-state index in [0.29, 0.717) is 11.7 Å². The summed E-state index contributed by atoms with van der Waals surface area (Å²) in [7, 11) is 0. The highest BCUT2D eigenvalue weighted by Gasteiger charge is 2.33. The second-order valence-electron chi connectivity index (χ2n) is 4.75. The first-order valence-electron chi connectivity index (χ1n) is 5.30. The van der Waals surface area contributed by atoms with Crippen molar-refractivity contribution >= 4 is 5.97 Å². The fourth-order valence-electron chi connectivity index (χ4n) is 1.68. The Morgan fingerprint density at radius 3 is 2.73 bits per heavy atom. The minimum Gasteiger partial charge on any atom is -0.481 e. The first-order valence-corrected chi connectivity index (χ1v) is 5.30. The monoisotopic (exact) mass is 208 g/mol. The maximum atomic E-state index is 11.0. The fourth-order valence-corrected chi connectivity index (χ4v) is 1.68. The Bertz CT molecular complexity index is 378. The molecule has 4 nitrogen and oxygen atoms in total. The molecule has 1 aliphatic rings. The molecule has 1 aromatic heterocycles. The number of hydrogen-bond acceptors (Lipinski definition) is 2. The van der Waals surface area contributed by atoms with E-state index in [2.05, 4.69) is 9.97 Å². The average molecular weight is 208 g/mol. The van der Waals surface area contributed by atoms with Crippen molar-refractivity contribution in [1.29, 1.82) is 0 Å². The highest BCUT2D eigenvalue weighted by atomic mass is 16.4. The second kappa shape index (κ2) is 3.36. The molecule has 0 bridgehead atoms. The molecule has 0 unspecified atom stereocenters. The number of aromatic amines is 1. The van der Waals surface area contributed by atoms with E-state index in [1.54, 1.807) is 20.0 Å². The van der Waals surface area contributed by atoms with Crippen LogP contribution in [0.1, 0.15) is 50.5 Å². The first-order chi connectivity index (χ1) is 7.01. The van der Waals surface area contributed by atoms with Gasteiger partial charge in [0, 0.05) is 17.8 Å². The van der Waals surface area contributed by atoms with Crippen LogP contribution >= 0.6 is 0 Å². The minimum atomic E-state index is -0.929. The molecule has 1 heterocycles. The smallest absolute Gasteiger partial charge is 0.316 e. The van der Waals surface area contributed by atoms with Gasteiger partial charge in [-0.05, 0) is 26.7 Å². The third-order valence-electron chi connectivity index (χ3n) is 3.27. The lowest BCUT2D eigenvalue weighted by atomic mass is 9.83. The zero-order valence-electron chi connectivity index (χ0n) is 9.08. The van der Waals surface area contributed by atoms with Crippen molar-refractivity contribution < 1.29 is 9.90 Å². The molecule has 82 valence electrons. The van der Waals surface area contributed by atoms with E-state index in [-0.39, 0.29) is 0 Å². The number of aromatic nitrogens is 2. The van der Waals surface area contributed by atoms with Gasteiger partial charge >= 0.3 is 5.97 Å². The molecule has 0 radical (unpaired) electrons. The molecule has 0 spiro atoms. The molecule has 0 aromatic carbocycles. The van der Waals surface area contributed by atoms with E-state index in [1.807, 2.05) is 0 Å². The third-order valence-corrected chi connectivity index (χ3v) is 3.27. The number of nitrogens with zero attached hydrogens (tertiary/aromatic N) is 1.